The third-order valence-electron chi connectivity index (χ3n) is 3.94. The highest BCUT2D eigenvalue weighted by Gasteiger charge is 2.25. The van der Waals surface area contributed by atoms with Gasteiger partial charge >= 0.3 is 0 Å². The van der Waals surface area contributed by atoms with E-state index in [1.807, 2.05) is 6.07 Å². The highest BCUT2D eigenvalue weighted by Crippen LogP contribution is 2.31. The Labute approximate surface area is 122 Å². The molecular weight excluding hydrogens is 272 g/mol. The van der Waals surface area contributed by atoms with Gasteiger partial charge in [0.2, 0.25) is 0 Å². The fraction of sp³-hybridized carbons (Fsp3) is 0.375. The molecule has 0 radical (unpaired) electrons. The number of likely N-dealkylation sites (tertiary alicyclic amines) is 1. The zero-order valence-electron chi connectivity index (χ0n) is 11.7. The Morgan fingerprint density at radius 2 is 2.10 bits per heavy atom. The SMILES string of the molecule is Fc1ccc(F)c(CN2CCCCC2c2ccncn2)c1. The molecule has 0 saturated carbocycles. The number of rotatable bonds is 3. The molecule has 2 heterocycles. The van der Waals surface area contributed by atoms with Gasteiger partial charge < -0.3 is 0 Å². The van der Waals surface area contributed by atoms with Crippen molar-refractivity contribution < 1.29 is 8.78 Å². The van der Waals surface area contributed by atoms with Gasteiger partial charge in [0.05, 0.1) is 11.7 Å². The highest BCUT2D eigenvalue weighted by molar-refractivity contribution is 5.19. The molecule has 0 aliphatic carbocycles. The van der Waals surface area contributed by atoms with Gasteiger partial charge in [-0.05, 0) is 43.7 Å². The largest absolute Gasteiger partial charge is 0.290 e. The monoisotopic (exact) mass is 289 g/mol. The Morgan fingerprint density at radius 1 is 1.19 bits per heavy atom. The van der Waals surface area contributed by atoms with Crippen LogP contribution in [0.15, 0.2) is 36.8 Å². The number of halogens is 2. The molecule has 0 bridgehead atoms. The van der Waals surface area contributed by atoms with Gasteiger partial charge in [-0.2, -0.15) is 0 Å². The summed E-state index contributed by atoms with van der Waals surface area (Å²) in [6, 6.07) is 5.65. The summed E-state index contributed by atoms with van der Waals surface area (Å²) in [5.74, 6) is -0.759. The Hall–Kier alpha value is -1.88. The van der Waals surface area contributed by atoms with Gasteiger partial charge in [-0.15, -0.1) is 0 Å². The predicted octanol–water partition coefficient (Wildman–Crippen LogP) is 3.48. The molecule has 0 spiro atoms. The van der Waals surface area contributed by atoms with Crippen molar-refractivity contribution in [2.75, 3.05) is 6.54 Å². The van der Waals surface area contributed by atoms with Crippen molar-refractivity contribution in [1.82, 2.24) is 14.9 Å². The van der Waals surface area contributed by atoms with Crippen LogP contribution in [-0.4, -0.2) is 21.4 Å². The van der Waals surface area contributed by atoms with Crippen molar-refractivity contribution in [1.29, 1.82) is 0 Å². The second kappa shape index (κ2) is 6.26. The Kier molecular flexibility index (Phi) is 4.20. The molecule has 110 valence electrons. The summed E-state index contributed by atoms with van der Waals surface area (Å²) in [6.45, 7) is 1.27. The Morgan fingerprint density at radius 3 is 2.90 bits per heavy atom. The molecule has 0 amide bonds. The Balaban J connectivity index is 1.83. The van der Waals surface area contributed by atoms with E-state index in [1.165, 1.54) is 18.5 Å². The maximum Gasteiger partial charge on any atom is 0.127 e. The summed E-state index contributed by atoms with van der Waals surface area (Å²) in [6.07, 6.45) is 6.42. The summed E-state index contributed by atoms with van der Waals surface area (Å²) >= 11 is 0. The van der Waals surface area contributed by atoms with E-state index in [1.54, 1.807) is 6.20 Å². The minimum absolute atomic E-state index is 0.143. The van der Waals surface area contributed by atoms with E-state index in [2.05, 4.69) is 14.9 Å². The zero-order chi connectivity index (χ0) is 14.7. The molecule has 1 saturated heterocycles. The minimum atomic E-state index is -0.401. The molecular formula is C16H17F2N3. The fourth-order valence-electron chi connectivity index (χ4n) is 2.90. The van der Waals surface area contributed by atoms with Gasteiger partial charge in [0.25, 0.3) is 0 Å². The highest BCUT2D eigenvalue weighted by atomic mass is 19.1. The molecule has 1 atom stereocenters. The molecule has 1 aromatic carbocycles. The van der Waals surface area contributed by atoms with Gasteiger partial charge in [-0.3, -0.25) is 4.90 Å². The second-order valence-electron chi connectivity index (χ2n) is 5.35. The van der Waals surface area contributed by atoms with Crippen LogP contribution in [0.3, 0.4) is 0 Å². The first kappa shape index (κ1) is 14.1. The van der Waals surface area contributed by atoms with Crippen LogP contribution in [0.2, 0.25) is 0 Å². The van der Waals surface area contributed by atoms with Crippen molar-refractivity contribution in [2.45, 2.75) is 31.8 Å². The number of piperidine rings is 1. The second-order valence-corrected chi connectivity index (χ2v) is 5.35. The van der Waals surface area contributed by atoms with Gasteiger partial charge in [-0.1, -0.05) is 6.42 Å². The van der Waals surface area contributed by atoms with Crippen molar-refractivity contribution in [3.63, 3.8) is 0 Å². The summed E-state index contributed by atoms with van der Waals surface area (Å²) in [5, 5.41) is 0. The summed E-state index contributed by atoms with van der Waals surface area (Å²) in [4.78, 5) is 10.4. The minimum Gasteiger partial charge on any atom is -0.290 e. The van der Waals surface area contributed by atoms with E-state index in [0.717, 1.165) is 37.6 Å². The van der Waals surface area contributed by atoms with E-state index in [0.29, 0.717) is 12.1 Å². The lowest BCUT2D eigenvalue weighted by atomic mass is 9.98. The van der Waals surface area contributed by atoms with Crippen LogP contribution in [0.1, 0.15) is 36.6 Å². The van der Waals surface area contributed by atoms with Crippen molar-refractivity contribution in [2.24, 2.45) is 0 Å². The van der Waals surface area contributed by atoms with E-state index in [9.17, 15) is 8.78 Å². The topological polar surface area (TPSA) is 29.0 Å². The van der Waals surface area contributed by atoms with Crippen molar-refractivity contribution in [3.8, 4) is 0 Å². The predicted molar refractivity (Wildman–Crippen MR) is 75.4 cm³/mol. The van der Waals surface area contributed by atoms with Crippen LogP contribution >= 0.6 is 0 Å². The van der Waals surface area contributed by atoms with Gasteiger partial charge in [0.1, 0.15) is 18.0 Å². The van der Waals surface area contributed by atoms with Crippen molar-refractivity contribution in [3.05, 3.63) is 59.7 Å². The maximum atomic E-state index is 13.8. The zero-order valence-corrected chi connectivity index (χ0v) is 11.7. The van der Waals surface area contributed by atoms with Gasteiger partial charge in [0, 0.05) is 18.3 Å². The maximum absolute atomic E-state index is 13.8. The van der Waals surface area contributed by atoms with E-state index in [4.69, 9.17) is 0 Å². The lowest BCUT2D eigenvalue weighted by Crippen LogP contribution is -2.33. The number of hydrogen-bond acceptors (Lipinski definition) is 3. The molecule has 1 aliphatic heterocycles. The lowest BCUT2D eigenvalue weighted by molar-refractivity contribution is 0.135. The lowest BCUT2D eigenvalue weighted by Gasteiger charge is -2.35. The molecule has 3 nitrogen and oxygen atoms in total. The van der Waals surface area contributed by atoms with Crippen LogP contribution in [0.5, 0.6) is 0 Å². The first-order chi connectivity index (χ1) is 10.2. The molecule has 21 heavy (non-hydrogen) atoms. The number of nitrogens with zero attached hydrogens (tertiary/aromatic N) is 3. The molecule has 3 rings (SSSR count). The van der Waals surface area contributed by atoms with Gasteiger partial charge in [-0.25, -0.2) is 18.7 Å². The summed E-state index contributed by atoms with van der Waals surface area (Å²) in [7, 11) is 0. The molecule has 1 aromatic heterocycles. The quantitative estimate of drug-likeness (QED) is 0.866. The van der Waals surface area contributed by atoms with E-state index in [-0.39, 0.29) is 11.9 Å². The average Bonchev–Trinajstić information content (AvgIpc) is 2.52. The van der Waals surface area contributed by atoms with Crippen molar-refractivity contribution >= 4 is 0 Å². The Bertz CT molecular complexity index is 604. The molecule has 1 unspecified atom stereocenters. The van der Waals surface area contributed by atoms with Crippen LogP contribution in [0, 0.1) is 11.6 Å². The number of benzene rings is 1. The number of aromatic nitrogens is 2. The molecule has 2 aromatic rings. The first-order valence-corrected chi connectivity index (χ1v) is 7.18. The van der Waals surface area contributed by atoms with Crippen LogP contribution in [0.4, 0.5) is 8.78 Å². The fourth-order valence-corrected chi connectivity index (χ4v) is 2.90. The number of hydrogen-bond donors (Lipinski definition) is 0. The molecule has 5 heteroatoms. The third kappa shape index (κ3) is 3.24. The molecule has 1 aliphatic rings. The summed E-state index contributed by atoms with van der Waals surface area (Å²) in [5.41, 5.74) is 1.34. The van der Waals surface area contributed by atoms with Gasteiger partial charge in [0.15, 0.2) is 0 Å². The normalized spacial score (nSPS) is 19.6. The average molecular weight is 289 g/mol. The van der Waals surface area contributed by atoms with E-state index < -0.39 is 5.82 Å². The van der Waals surface area contributed by atoms with Crippen LogP contribution < -0.4 is 0 Å². The smallest absolute Gasteiger partial charge is 0.127 e. The van der Waals surface area contributed by atoms with Crippen LogP contribution in [0.25, 0.3) is 0 Å². The standard InChI is InChI=1S/C16H17F2N3/c17-13-4-5-14(18)12(9-13)10-21-8-2-1-3-16(21)15-6-7-19-11-20-15/h4-7,9,11,16H,1-3,8,10H2. The summed E-state index contributed by atoms with van der Waals surface area (Å²) < 4.78 is 27.2. The van der Waals surface area contributed by atoms with Crippen LogP contribution in [-0.2, 0) is 6.54 Å². The molecule has 0 N–H and O–H groups in total. The molecule has 1 fully saturated rings. The third-order valence-corrected chi connectivity index (χ3v) is 3.94. The first-order valence-electron chi connectivity index (χ1n) is 7.18. The van der Waals surface area contributed by atoms with E-state index >= 15 is 0 Å².